The Morgan fingerprint density at radius 3 is 2.45 bits per heavy atom. The third-order valence-corrected chi connectivity index (χ3v) is 3.25. The summed E-state index contributed by atoms with van der Waals surface area (Å²) in [6.45, 7) is 3.91. The van der Waals surface area contributed by atoms with E-state index in [2.05, 4.69) is 5.32 Å². The summed E-state index contributed by atoms with van der Waals surface area (Å²) in [5.74, 6) is 1.24. The molecule has 0 aliphatic rings. The van der Waals surface area contributed by atoms with Gasteiger partial charge in [0.05, 0.1) is 21.3 Å². The molecule has 0 fully saturated rings. The highest BCUT2D eigenvalue weighted by Gasteiger charge is 2.21. The Balaban J connectivity index is 2.95. The average Bonchev–Trinajstić information content (AvgIpc) is 2.50. The monoisotopic (exact) mass is 281 g/mol. The number of ether oxygens (including phenoxy) is 3. The van der Waals surface area contributed by atoms with Gasteiger partial charge in [-0.1, -0.05) is 6.92 Å². The number of esters is 1. The number of rotatable bonds is 7. The largest absolute Gasteiger partial charge is 0.497 e. The van der Waals surface area contributed by atoms with Crippen LogP contribution in [0.2, 0.25) is 0 Å². The zero-order chi connectivity index (χ0) is 15.1. The van der Waals surface area contributed by atoms with Crippen LogP contribution in [0, 0.1) is 0 Å². The van der Waals surface area contributed by atoms with Crippen molar-refractivity contribution < 1.29 is 19.0 Å². The van der Waals surface area contributed by atoms with Gasteiger partial charge in [0.1, 0.15) is 17.5 Å². The van der Waals surface area contributed by atoms with Crippen LogP contribution in [0.4, 0.5) is 0 Å². The Kier molecular flexibility index (Phi) is 6.31. The first-order chi connectivity index (χ1) is 9.57. The molecule has 2 unspecified atom stereocenters. The van der Waals surface area contributed by atoms with Gasteiger partial charge in [-0.05, 0) is 31.5 Å². The van der Waals surface area contributed by atoms with Gasteiger partial charge in [-0.25, -0.2) is 0 Å². The van der Waals surface area contributed by atoms with Crippen molar-refractivity contribution in [3.63, 3.8) is 0 Å². The Morgan fingerprint density at radius 1 is 1.25 bits per heavy atom. The van der Waals surface area contributed by atoms with Crippen molar-refractivity contribution in [2.75, 3.05) is 21.3 Å². The molecule has 1 aromatic carbocycles. The zero-order valence-electron chi connectivity index (χ0n) is 12.7. The average molecular weight is 281 g/mol. The standard InChI is InChI=1S/C15H23NO4/c1-6-13(15(17)20-5)16-10(2)12-9-11(18-3)7-8-14(12)19-4/h7-10,13,16H,6H2,1-5H3. The van der Waals surface area contributed by atoms with Crippen molar-refractivity contribution in [1.29, 1.82) is 0 Å². The first-order valence-electron chi connectivity index (χ1n) is 6.63. The second kappa shape index (κ2) is 7.75. The molecule has 0 amide bonds. The zero-order valence-corrected chi connectivity index (χ0v) is 12.7. The van der Waals surface area contributed by atoms with Crippen LogP contribution >= 0.6 is 0 Å². The Morgan fingerprint density at radius 2 is 1.95 bits per heavy atom. The molecule has 112 valence electrons. The second-order valence-corrected chi connectivity index (χ2v) is 4.48. The molecule has 5 nitrogen and oxygen atoms in total. The van der Waals surface area contributed by atoms with Gasteiger partial charge in [0.2, 0.25) is 0 Å². The lowest BCUT2D eigenvalue weighted by molar-refractivity contribution is -0.143. The van der Waals surface area contributed by atoms with E-state index in [1.807, 2.05) is 32.0 Å². The molecule has 20 heavy (non-hydrogen) atoms. The summed E-state index contributed by atoms with van der Waals surface area (Å²) in [7, 11) is 4.63. The molecule has 0 heterocycles. The fourth-order valence-electron chi connectivity index (χ4n) is 2.06. The minimum Gasteiger partial charge on any atom is -0.497 e. The van der Waals surface area contributed by atoms with Crippen molar-refractivity contribution in [2.45, 2.75) is 32.4 Å². The van der Waals surface area contributed by atoms with Crippen LogP contribution < -0.4 is 14.8 Å². The lowest BCUT2D eigenvalue weighted by Gasteiger charge is -2.22. The second-order valence-electron chi connectivity index (χ2n) is 4.48. The summed E-state index contributed by atoms with van der Waals surface area (Å²) in [6.07, 6.45) is 0.656. The maximum atomic E-state index is 11.6. The lowest BCUT2D eigenvalue weighted by Crippen LogP contribution is -2.38. The Hall–Kier alpha value is -1.75. The molecule has 5 heteroatoms. The molecule has 0 bridgehead atoms. The van der Waals surface area contributed by atoms with E-state index in [0.717, 1.165) is 17.1 Å². The van der Waals surface area contributed by atoms with Gasteiger partial charge < -0.3 is 14.2 Å². The first-order valence-corrected chi connectivity index (χ1v) is 6.63. The molecule has 0 spiro atoms. The summed E-state index contributed by atoms with van der Waals surface area (Å²) in [5, 5.41) is 3.25. The molecular formula is C15H23NO4. The van der Waals surface area contributed by atoms with E-state index in [0.29, 0.717) is 6.42 Å². The quantitative estimate of drug-likeness (QED) is 0.777. The van der Waals surface area contributed by atoms with Crippen LogP contribution in [0.5, 0.6) is 11.5 Å². The predicted molar refractivity (Wildman–Crippen MR) is 77.2 cm³/mol. The Bertz CT molecular complexity index is 447. The molecule has 0 saturated carbocycles. The summed E-state index contributed by atoms with van der Waals surface area (Å²) >= 11 is 0. The normalized spacial score (nSPS) is 13.4. The van der Waals surface area contributed by atoms with Crippen LogP contribution in [0.1, 0.15) is 31.9 Å². The highest BCUT2D eigenvalue weighted by Crippen LogP contribution is 2.29. The van der Waals surface area contributed by atoms with Gasteiger partial charge in [0, 0.05) is 11.6 Å². The van der Waals surface area contributed by atoms with Crippen molar-refractivity contribution in [2.24, 2.45) is 0 Å². The van der Waals surface area contributed by atoms with E-state index in [1.54, 1.807) is 14.2 Å². The number of nitrogens with one attached hydrogen (secondary N) is 1. The van der Waals surface area contributed by atoms with Gasteiger partial charge >= 0.3 is 5.97 Å². The van der Waals surface area contributed by atoms with E-state index in [9.17, 15) is 4.79 Å². The number of hydrogen-bond donors (Lipinski definition) is 1. The maximum Gasteiger partial charge on any atom is 0.322 e. The smallest absolute Gasteiger partial charge is 0.322 e. The van der Waals surface area contributed by atoms with Crippen molar-refractivity contribution in [3.05, 3.63) is 23.8 Å². The molecule has 0 saturated heterocycles. The van der Waals surface area contributed by atoms with E-state index >= 15 is 0 Å². The molecule has 1 N–H and O–H groups in total. The lowest BCUT2D eigenvalue weighted by atomic mass is 10.0. The summed E-state index contributed by atoms with van der Waals surface area (Å²) in [4.78, 5) is 11.6. The van der Waals surface area contributed by atoms with Crippen LogP contribution in [-0.2, 0) is 9.53 Å². The van der Waals surface area contributed by atoms with Crippen LogP contribution in [0.3, 0.4) is 0 Å². The fraction of sp³-hybridized carbons (Fsp3) is 0.533. The Labute approximate surface area is 120 Å². The number of methoxy groups -OCH3 is 3. The predicted octanol–water partition coefficient (Wildman–Crippen LogP) is 2.31. The van der Waals surface area contributed by atoms with Crippen LogP contribution in [0.25, 0.3) is 0 Å². The van der Waals surface area contributed by atoms with Gasteiger partial charge in [-0.3, -0.25) is 10.1 Å². The van der Waals surface area contributed by atoms with Gasteiger partial charge in [-0.15, -0.1) is 0 Å². The topological polar surface area (TPSA) is 56.8 Å². The summed E-state index contributed by atoms with van der Waals surface area (Å²) in [5.41, 5.74) is 0.939. The van der Waals surface area contributed by atoms with Crippen molar-refractivity contribution in [3.8, 4) is 11.5 Å². The minimum absolute atomic E-state index is 0.0656. The van der Waals surface area contributed by atoms with Crippen LogP contribution in [0.15, 0.2) is 18.2 Å². The van der Waals surface area contributed by atoms with Gasteiger partial charge in [-0.2, -0.15) is 0 Å². The molecular weight excluding hydrogens is 258 g/mol. The van der Waals surface area contributed by atoms with Crippen LogP contribution in [-0.4, -0.2) is 33.3 Å². The molecule has 0 aliphatic carbocycles. The summed E-state index contributed by atoms with van der Waals surface area (Å²) < 4.78 is 15.4. The number of carbonyl (C=O) groups excluding carboxylic acids is 1. The van der Waals surface area contributed by atoms with E-state index in [1.165, 1.54) is 7.11 Å². The number of hydrogen-bond acceptors (Lipinski definition) is 5. The van der Waals surface area contributed by atoms with Gasteiger partial charge in [0.25, 0.3) is 0 Å². The van der Waals surface area contributed by atoms with Crippen molar-refractivity contribution >= 4 is 5.97 Å². The molecule has 2 atom stereocenters. The SMILES string of the molecule is CCC(NC(C)c1cc(OC)ccc1OC)C(=O)OC. The van der Waals surface area contributed by atoms with E-state index in [4.69, 9.17) is 14.2 Å². The number of carbonyl (C=O) groups is 1. The highest BCUT2D eigenvalue weighted by atomic mass is 16.5. The molecule has 1 aromatic rings. The minimum atomic E-state index is -0.342. The molecule has 0 radical (unpaired) electrons. The third kappa shape index (κ3) is 3.87. The maximum absolute atomic E-state index is 11.6. The highest BCUT2D eigenvalue weighted by molar-refractivity contribution is 5.75. The first kappa shape index (κ1) is 16.3. The molecule has 0 aliphatic heterocycles. The molecule has 0 aromatic heterocycles. The van der Waals surface area contributed by atoms with E-state index in [-0.39, 0.29) is 18.1 Å². The van der Waals surface area contributed by atoms with E-state index < -0.39 is 0 Å². The summed E-state index contributed by atoms with van der Waals surface area (Å²) in [6, 6.07) is 5.19. The van der Waals surface area contributed by atoms with Gasteiger partial charge in [0.15, 0.2) is 0 Å². The van der Waals surface area contributed by atoms with Crippen molar-refractivity contribution in [1.82, 2.24) is 5.32 Å². The fourth-order valence-corrected chi connectivity index (χ4v) is 2.06. The number of benzene rings is 1. The molecule has 1 rings (SSSR count). The third-order valence-electron chi connectivity index (χ3n) is 3.25.